The lowest BCUT2D eigenvalue weighted by Gasteiger charge is -2.40. The summed E-state index contributed by atoms with van der Waals surface area (Å²) >= 11 is 0. The van der Waals surface area contributed by atoms with Crippen LogP contribution in [0.2, 0.25) is 0 Å². The lowest BCUT2D eigenvalue weighted by atomic mass is 9.76. The van der Waals surface area contributed by atoms with Crippen LogP contribution in [-0.4, -0.2) is 87.0 Å². The van der Waals surface area contributed by atoms with Crippen molar-refractivity contribution in [3.8, 4) is 6.07 Å². The molecular formula is C41H50N9O3P. The van der Waals surface area contributed by atoms with E-state index < -0.39 is 26.4 Å². The number of hydrogen-bond acceptors (Lipinski definition) is 10. The van der Waals surface area contributed by atoms with Crippen molar-refractivity contribution in [1.29, 1.82) is 5.26 Å². The summed E-state index contributed by atoms with van der Waals surface area (Å²) in [4.78, 5) is 20.1. The molecule has 12 nitrogen and oxygen atoms in total. The van der Waals surface area contributed by atoms with Gasteiger partial charge in [0.05, 0.1) is 50.0 Å². The van der Waals surface area contributed by atoms with Gasteiger partial charge < -0.3 is 18.7 Å². The lowest BCUT2D eigenvalue weighted by Crippen LogP contribution is -2.53. The lowest BCUT2D eigenvalue weighted by molar-refractivity contribution is -0.0242. The van der Waals surface area contributed by atoms with Crippen LogP contribution in [0.15, 0.2) is 109 Å². The van der Waals surface area contributed by atoms with Gasteiger partial charge >= 0.3 is 0 Å². The van der Waals surface area contributed by atoms with Crippen LogP contribution >= 0.6 is 8.53 Å². The summed E-state index contributed by atoms with van der Waals surface area (Å²) in [5, 5.41) is 13.5. The first-order chi connectivity index (χ1) is 26.2. The van der Waals surface area contributed by atoms with E-state index in [2.05, 4.69) is 132 Å². The SMILES string of the molecule is CC(C)N(C(C)C)P(OCCC#N)OC[C@H]1O[C@@H](n2cnc3c(/N=C/N(C)C)ncnc32)C[C@@H]1NC(c1ccccc1)(c1ccccc1)c1ccccc1. The summed E-state index contributed by atoms with van der Waals surface area (Å²) in [6.07, 6.45) is 4.99. The number of nitrogens with zero attached hydrogens (tertiary/aromatic N) is 8. The summed E-state index contributed by atoms with van der Waals surface area (Å²) in [6.45, 7) is 9.07. The molecule has 3 aromatic carbocycles. The Hall–Kier alpha value is -4.60. The Morgan fingerprint density at radius 3 is 2.06 bits per heavy atom. The van der Waals surface area contributed by atoms with Gasteiger partial charge in [0.2, 0.25) is 0 Å². The summed E-state index contributed by atoms with van der Waals surface area (Å²) in [5.41, 5.74) is 3.78. The Labute approximate surface area is 319 Å². The molecule has 54 heavy (non-hydrogen) atoms. The average molecular weight is 748 g/mol. The molecule has 0 saturated carbocycles. The molecule has 3 heterocycles. The monoisotopic (exact) mass is 747 g/mol. The van der Waals surface area contributed by atoms with E-state index in [-0.39, 0.29) is 37.8 Å². The predicted molar refractivity (Wildman–Crippen MR) is 213 cm³/mol. The van der Waals surface area contributed by atoms with Gasteiger partial charge in [-0.15, -0.1) is 0 Å². The first-order valence-corrected chi connectivity index (χ1v) is 19.5. The fourth-order valence-corrected chi connectivity index (χ4v) is 8.68. The minimum Gasteiger partial charge on any atom is -0.369 e. The largest absolute Gasteiger partial charge is 0.369 e. The molecule has 6 rings (SSSR count). The molecule has 2 aromatic heterocycles. The zero-order chi connectivity index (χ0) is 38.1. The number of nitriles is 1. The van der Waals surface area contributed by atoms with Gasteiger partial charge in [0.15, 0.2) is 17.0 Å². The second-order valence-corrected chi connectivity index (χ2v) is 15.5. The van der Waals surface area contributed by atoms with E-state index in [9.17, 15) is 5.26 Å². The molecule has 1 fully saturated rings. The topological polar surface area (TPSA) is 126 Å². The fourth-order valence-electron chi connectivity index (χ4n) is 7.07. The van der Waals surface area contributed by atoms with Crippen molar-refractivity contribution in [1.82, 2.24) is 34.4 Å². The standard InChI is InChI=1S/C41H50N9O3P/c1-30(2)50(31(3)4)54(51-24-16-23-42)52-26-36-35(25-37(53-36)49-29-45-38-39(46-28-48(5)6)43-27-44-40(38)49)47-41(32-17-10-7-11-18-32,33-19-12-8-13-20-33)34-21-14-9-15-22-34/h7-15,17-22,27-31,35-37,47H,16,24-26H2,1-6H3/b46-28+/t35-,36+,37+,54?/m0/s1. The van der Waals surface area contributed by atoms with Crippen molar-refractivity contribution in [2.24, 2.45) is 4.99 Å². The van der Waals surface area contributed by atoms with Crippen molar-refractivity contribution in [3.05, 3.63) is 120 Å². The molecule has 13 heteroatoms. The van der Waals surface area contributed by atoms with Gasteiger partial charge in [-0.1, -0.05) is 91.0 Å². The molecule has 1 aliphatic rings. The van der Waals surface area contributed by atoms with Gasteiger partial charge in [-0.25, -0.2) is 24.6 Å². The quantitative estimate of drug-likeness (QED) is 0.0335. The molecule has 1 unspecified atom stereocenters. The van der Waals surface area contributed by atoms with Crippen LogP contribution < -0.4 is 5.32 Å². The van der Waals surface area contributed by atoms with Crippen molar-refractivity contribution >= 4 is 31.8 Å². The number of benzene rings is 3. The van der Waals surface area contributed by atoms with Crippen LogP contribution in [0.3, 0.4) is 0 Å². The summed E-state index contributed by atoms with van der Waals surface area (Å²) in [5.74, 6) is 0.485. The molecule has 282 valence electrons. The molecular weight excluding hydrogens is 697 g/mol. The smallest absolute Gasteiger partial charge is 0.259 e. The molecule has 0 spiro atoms. The van der Waals surface area contributed by atoms with E-state index in [0.717, 1.165) is 16.7 Å². The number of aliphatic imine (C=N–C) groups is 1. The summed E-state index contributed by atoms with van der Waals surface area (Å²) in [6, 6.07) is 34.0. The molecule has 0 amide bonds. The second kappa shape index (κ2) is 18.2. The highest BCUT2D eigenvalue weighted by molar-refractivity contribution is 7.44. The Morgan fingerprint density at radius 2 is 1.52 bits per heavy atom. The molecule has 1 saturated heterocycles. The first-order valence-electron chi connectivity index (χ1n) is 18.4. The number of hydrogen-bond donors (Lipinski definition) is 1. The van der Waals surface area contributed by atoms with Crippen molar-refractivity contribution in [2.45, 2.75) is 76.5 Å². The Bertz CT molecular complexity index is 1880. The highest BCUT2D eigenvalue weighted by Gasteiger charge is 2.45. The fraction of sp³-hybridized carbons (Fsp3) is 0.390. The molecule has 1 aliphatic heterocycles. The highest BCUT2D eigenvalue weighted by atomic mass is 31.2. The van der Waals surface area contributed by atoms with Crippen molar-refractivity contribution < 1.29 is 13.8 Å². The molecule has 0 aliphatic carbocycles. The molecule has 4 atom stereocenters. The predicted octanol–water partition coefficient (Wildman–Crippen LogP) is 7.58. The van der Waals surface area contributed by atoms with E-state index in [0.29, 0.717) is 23.4 Å². The Morgan fingerprint density at radius 1 is 0.926 bits per heavy atom. The van der Waals surface area contributed by atoms with Gasteiger partial charge in [0, 0.05) is 38.6 Å². The van der Waals surface area contributed by atoms with Gasteiger partial charge in [-0.2, -0.15) is 5.26 Å². The molecule has 1 N–H and O–H groups in total. The van der Waals surface area contributed by atoms with E-state index in [4.69, 9.17) is 18.8 Å². The zero-order valence-corrected chi connectivity index (χ0v) is 32.8. The van der Waals surface area contributed by atoms with Crippen LogP contribution in [0.4, 0.5) is 5.82 Å². The highest BCUT2D eigenvalue weighted by Crippen LogP contribution is 2.47. The van der Waals surface area contributed by atoms with Crippen LogP contribution in [0, 0.1) is 11.3 Å². The third kappa shape index (κ3) is 8.68. The van der Waals surface area contributed by atoms with E-state index in [1.54, 1.807) is 12.7 Å². The number of nitrogens with one attached hydrogen (secondary N) is 1. The minimum absolute atomic E-state index is 0.160. The van der Waals surface area contributed by atoms with Crippen LogP contribution in [0.1, 0.15) is 63.5 Å². The van der Waals surface area contributed by atoms with Crippen molar-refractivity contribution in [3.63, 3.8) is 0 Å². The van der Waals surface area contributed by atoms with Crippen LogP contribution in [-0.2, 0) is 19.3 Å². The molecule has 0 bridgehead atoms. The van der Waals surface area contributed by atoms with Crippen LogP contribution in [0.25, 0.3) is 11.2 Å². The van der Waals surface area contributed by atoms with E-state index in [1.807, 2.05) is 41.8 Å². The maximum atomic E-state index is 9.30. The number of rotatable bonds is 17. The van der Waals surface area contributed by atoms with E-state index in [1.165, 1.54) is 6.33 Å². The summed E-state index contributed by atoms with van der Waals surface area (Å²) in [7, 11) is 2.31. The number of aromatic nitrogens is 4. The summed E-state index contributed by atoms with van der Waals surface area (Å²) < 4.78 is 24.3. The van der Waals surface area contributed by atoms with Gasteiger partial charge in [-0.05, 0) is 44.4 Å². The van der Waals surface area contributed by atoms with Gasteiger partial charge in [0.25, 0.3) is 8.53 Å². The van der Waals surface area contributed by atoms with Crippen LogP contribution in [0.5, 0.6) is 0 Å². The normalized spacial score (nSPS) is 18.3. The van der Waals surface area contributed by atoms with Gasteiger partial charge in [-0.3, -0.25) is 9.88 Å². The zero-order valence-electron chi connectivity index (χ0n) is 31.9. The minimum atomic E-state index is -1.50. The Balaban J connectivity index is 1.43. The molecule has 0 radical (unpaired) electrons. The third-order valence-corrected chi connectivity index (χ3v) is 11.4. The molecule has 5 aromatic rings. The Kier molecular flexibility index (Phi) is 13.1. The number of ether oxygens (including phenoxy) is 1. The number of imidazole rings is 1. The maximum Gasteiger partial charge on any atom is 0.259 e. The van der Waals surface area contributed by atoms with E-state index >= 15 is 0 Å². The number of fused-ring (bicyclic) bond motifs is 1. The van der Waals surface area contributed by atoms with Gasteiger partial charge in [0.1, 0.15) is 12.6 Å². The van der Waals surface area contributed by atoms with Crippen molar-refractivity contribution in [2.75, 3.05) is 27.3 Å². The second-order valence-electron chi connectivity index (χ2n) is 14.0. The maximum absolute atomic E-state index is 9.30. The third-order valence-electron chi connectivity index (χ3n) is 9.33. The first kappa shape index (κ1) is 39.1. The average Bonchev–Trinajstić information content (AvgIpc) is 3.80.